The van der Waals surface area contributed by atoms with Crippen molar-refractivity contribution in [1.29, 1.82) is 0 Å². The maximum Gasteiger partial charge on any atom is 0.0737 e. The normalized spacial score (nSPS) is 11.5. The number of rotatable bonds is 7. The van der Waals surface area contributed by atoms with Gasteiger partial charge in [0, 0.05) is 32.7 Å². The maximum atomic E-state index is 5.80. The number of fused-ring (bicyclic) bond motifs is 6. The average Bonchev–Trinajstić information content (AvgIpc) is 3.87. The Labute approximate surface area is 360 Å². The topological polar surface area (TPSA) is 22.8 Å². The quantitative estimate of drug-likeness (QED) is 0.158. The zero-order valence-electron chi connectivity index (χ0n) is 33.9. The number of hydrogen-bond acceptors (Lipinski definition) is 1. The number of para-hydroxylation sites is 4. The van der Waals surface area contributed by atoms with Gasteiger partial charge < -0.3 is 9.13 Å². The fourth-order valence-electron chi connectivity index (χ4n) is 9.46. The SMILES string of the molecule is c1ccc(-c2cc(-c3cc(-c4ccccc4)ccc3-n3c4ccccc4c4ccccc43)nc(-c3cc(-c4ccccc4)ccc3-n3c4ccccc4c4ccccc43)c2)cc1. The third-order valence-corrected chi connectivity index (χ3v) is 12.3. The Kier molecular flexibility index (Phi) is 8.50. The van der Waals surface area contributed by atoms with Gasteiger partial charge in [-0.1, -0.05) is 176 Å². The summed E-state index contributed by atoms with van der Waals surface area (Å²) in [5, 5.41) is 4.89. The van der Waals surface area contributed by atoms with E-state index in [-0.39, 0.29) is 0 Å². The molecule has 0 aliphatic rings. The monoisotopic (exact) mass is 789 g/mol. The first-order valence-corrected chi connectivity index (χ1v) is 21.2. The molecule has 0 unspecified atom stereocenters. The predicted molar refractivity (Wildman–Crippen MR) is 260 cm³/mol. The van der Waals surface area contributed by atoms with E-state index in [4.69, 9.17) is 4.98 Å². The highest BCUT2D eigenvalue weighted by Gasteiger charge is 2.22. The molecule has 0 N–H and O–H groups in total. The van der Waals surface area contributed by atoms with Crippen LogP contribution in [0.4, 0.5) is 0 Å². The first-order valence-electron chi connectivity index (χ1n) is 21.2. The lowest BCUT2D eigenvalue weighted by Crippen LogP contribution is -2.02. The minimum Gasteiger partial charge on any atom is -0.309 e. The van der Waals surface area contributed by atoms with E-state index in [1.807, 2.05) is 0 Å². The summed E-state index contributed by atoms with van der Waals surface area (Å²) in [5.41, 5.74) is 17.5. The lowest BCUT2D eigenvalue weighted by Gasteiger charge is -2.19. The van der Waals surface area contributed by atoms with E-state index in [0.29, 0.717) is 0 Å². The molecule has 0 radical (unpaired) electrons. The Morgan fingerprint density at radius 1 is 0.242 bits per heavy atom. The third-order valence-electron chi connectivity index (χ3n) is 12.3. The van der Waals surface area contributed by atoms with Crippen LogP contribution in [0.5, 0.6) is 0 Å². The van der Waals surface area contributed by atoms with Crippen molar-refractivity contribution in [2.45, 2.75) is 0 Å². The summed E-state index contributed by atoms with van der Waals surface area (Å²) in [5.74, 6) is 0. The van der Waals surface area contributed by atoms with Crippen LogP contribution in [0.15, 0.2) is 237 Å². The van der Waals surface area contributed by atoms with E-state index in [2.05, 4.69) is 246 Å². The van der Waals surface area contributed by atoms with E-state index < -0.39 is 0 Å². The average molecular weight is 790 g/mol. The van der Waals surface area contributed by atoms with Gasteiger partial charge in [-0.3, -0.25) is 0 Å². The van der Waals surface area contributed by atoms with Crippen molar-refractivity contribution >= 4 is 43.6 Å². The van der Waals surface area contributed by atoms with Gasteiger partial charge in [0.2, 0.25) is 0 Å². The van der Waals surface area contributed by atoms with Gasteiger partial charge in [-0.15, -0.1) is 0 Å². The van der Waals surface area contributed by atoms with Crippen LogP contribution in [0, 0.1) is 0 Å². The summed E-state index contributed by atoms with van der Waals surface area (Å²) in [4.78, 5) is 5.80. The smallest absolute Gasteiger partial charge is 0.0737 e. The van der Waals surface area contributed by atoms with E-state index >= 15 is 0 Å². The number of benzene rings is 9. The zero-order valence-corrected chi connectivity index (χ0v) is 33.9. The fourth-order valence-corrected chi connectivity index (χ4v) is 9.46. The molecule has 0 spiro atoms. The molecule has 9 aromatic carbocycles. The van der Waals surface area contributed by atoms with Crippen molar-refractivity contribution in [3.8, 4) is 67.3 Å². The Bertz CT molecular complexity index is 3290. The number of hydrogen-bond donors (Lipinski definition) is 0. The summed E-state index contributed by atoms with van der Waals surface area (Å²) >= 11 is 0. The van der Waals surface area contributed by atoms with Crippen LogP contribution in [0.1, 0.15) is 0 Å². The second-order valence-electron chi connectivity index (χ2n) is 15.9. The number of pyridine rings is 1. The molecule has 3 aromatic heterocycles. The van der Waals surface area contributed by atoms with Crippen molar-refractivity contribution in [3.05, 3.63) is 237 Å². The molecule has 0 saturated heterocycles. The van der Waals surface area contributed by atoms with Crippen LogP contribution >= 0.6 is 0 Å². The molecular formula is C59H39N3. The van der Waals surface area contributed by atoms with Crippen molar-refractivity contribution in [2.24, 2.45) is 0 Å². The minimum atomic E-state index is 0.897. The van der Waals surface area contributed by atoms with Crippen LogP contribution in [-0.2, 0) is 0 Å². The highest BCUT2D eigenvalue weighted by molar-refractivity contribution is 6.11. The van der Waals surface area contributed by atoms with Crippen molar-refractivity contribution in [2.75, 3.05) is 0 Å². The van der Waals surface area contributed by atoms with Gasteiger partial charge >= 0.3 is 0 Å². The molecule has 0 aliphatic heterocycles. The van der Waals surface area contributed by atoms with Crippen molar-refractivity contribution < 1.29 is 0 Å². The summed E-state index contributed by atoms with van der Waals surface area (Å²) in [6.45, 7) is 0. The highest BCUT2D eigenvalue weighted by Crippen LogP contribution is 2.42. The van der Waals surface area contributed by atoms with Crippen LogP contribution in [-0.4, -0.2) is 14.1 Å². The molecule has 0 fully saturated rings. The van der Waals surface area contributed by atoms with Crippen molar-refractivity contribution in [1.82, 2.24) is 14.1 Å². The second-order valence-corrected chi connectivity index (χ2v) is 15.9. The summed E-state index contributed by atoms with van der Waals surface area (Å²) in [6, 6.07) is 85.3. The maximum absolute atomic E-state index is 5.80. The van der Waals surface area contributed by atoms with Gasteiger partial charge in [0.1, 0.15) is 0 Å². The van der Waals surface area contributed by atoms with Crippen LogP contribution < -0.4 is 0 Å². The largest absolute Gasteiger partial charge is 0.309 e. The minimum absolute atomic E-state index is 0.897. The van der Waals surface area contributed by atoms with Gasteiger partial charge in [0.05, 0.1) is 44.8 Å². The molecule has 12 aromatic rings. The summed E-state index contributed by atoms with van der Waals surface area (Å²) in [6.07, 6.45) is 0. The molecule has 0 bridgehead atoms. The highest BCUT2D eigenvalue weighted by atomic mass is 15.0. The predicted octanol–water partition coefficient (Wildman–Crippen LogP) is 15.6. The van der Waals surface area contributed by atoms with E-state index in [1.165, 1.54) is 21.5 Å². The molecule has 0 aliphatic carbocycles. The fraction of sp³-hybridized carbons (Fsp3) is 0. The summed E-state index contributed by atoms with van der Waals surface area (Å²) < 4.78 is 4.84. The van der Waals surface area contributed by atoms with E-state index in [9.17, 15) is 0 Å². The molecule has 0 atom stereocenters. The van der Waals surface area contributed by atoms with Gasteiger partial charge in [-0.2, -0.15) is 0 Å². The van der Waals surface area contributed by atoms with Crippen LogP contribution in [0.25, 0.3) is 111 Å². The van der Waals surface area contributed by atoms with Gasteiger partial charge in [-0.25, -0.2) is 4.98 Å². The Balaban J connectivity index is 1.19. The Morgan fingerprint density at radius 3 is 0.903 bits per heavy atom. The lowest BCUT2D eigenvalue weighted by molar-refractivity contribution is 1.16. The van der Waals surface area contributed by atoms with Gasteiger partial charge in [0.25, 0.3) is 0 Å². The second kappa shape index (κ2) is 14.8. The Morgan fingerprint density at radius 2 is 0.548 bits per heavy atom. The molecular weight excluding hydrogens is 751 g/mol. The van der Waals surface area contributed by atoms with Gasteiger partial charge in [-0.05, 0) is 94.0 Å². The molecule has 290 valence electrons. The lowest BCUT2D eigenvalue weighted by atomic mass is 9.95. The van der Waals surface area contributed by atoms with Crippen LogP contribution in [0.3, 0.4) is 0 Å². The van der Waals surface area contributed by atoms with Gasteiger partial charge in [0.15, 0.2) is 0 Å². The first kappa shape index (κ1) is 35.7. The third kappa shape index (κ3) is 5.94. The first-order chi connectivity index (χ1) is 30.8. The summed E-state index contributed by atoms with van der Waals surface area (Å²) in [7, 11) is 0. The number of aromatic nitrogens is 3. The molecule has 0 saturated carbocycles. The van der Waals surface area contributed by atoms with Crippen molar-refractivity contribution in [3.63, 3.8) is 0 Å². The molecule has 0 amide bonds. The van der Waals surface area contributed by atoms with Crippen LogP contribution in [0.2, 0.25) is 0 Å². The zero-order chi connectivity index (χ0) is 41.0. The van der Waals surface area contributed by atoms with E-state index in [0.717, 1.165) is 89.3 Å². The standard InChI is InChI=1S/C59H39N3/c1-4-18-40(19-5-1)43-32-34-58(61-54-28-14-10-24-46(54)47-25-11-15-29-55(47)61)50(36-43)52-38-45(42-22-8-3-9-23-42)39-53(60-52)51-37-44(41-20-6-2-7-21-41)33-35-59(51)62-56-30-16-12-26-48(56)49-27-13-17-31-57(49)62/h1-39H. The molecule has 3 heteroatoms. The Hall–Kier alpha value is -8.27. The number of nitrogens with zero attached hydrogens (tertiary/aromatic N) is 3. The van der Waals surface area contributed by atoms with E-state index in [1.54, 1.807) is 0 Å². The molecule has 3 heterocycles. The molecule has 3 nitrogen and oxygen atoms in total. The molecule has 12 rings (SSSR count). The molecule has 62 heavy (non-hydrogen) atoms.